The maximum atomic E-state index is 5.97. The molecule has 0 aliphatic carbocycles. The summed E-state index contributed by atoms with van der Waals surface area (Å²) in [7, 11) is 1.69. The van der Waals surface area contributed by atoms with Gasteiger partial charge in [0.25, 0.3) is 0 Å². The zero-order chi connectivity index (χ0) is 18.9. The predicted octanol–water partition coefficient (Wildman–Crippen LogP) is 4.51. The van der Waals surface area contributed by atoms with Crippen LogP contribution in [0.25, 0.3) is 0 Å². The number of amidine groups is 1. The molecule has 2 heterocycles. The molecule has 26 heavy (non-hydrogen) atoms. The lowest BCUT2D eigenvalue weighted by molar-refractivity contribution is 0.338. The van der Waals surface area contributed by atoms with Gasteiger partial charge in [-0.1, -0.05) is 55.1 Å². The quantitative estimate of drug-likeness (QED) is 0.479. The molecule has 0 bridgehead atoms. The number of benzene rings is 1. The molecule has 0 amide bonds. The number of thiophene rings is 1. The van der Waals surface area contributed by atoms with E-state index in [1.54, 1.807) is 24.5 Å². The Hall–Kier alpha value is -2.37. The summed E-state index contributed by atoms with van der Waals surface area (Å²) in [5, 5.41) is 0. The van der Waals surface area contributed by atoms with Crippen LogP contribution < -0.4 is 5.73 Å². The summed E-state index contributed by atoms with van der Waals surface area (Å²) in [6, 6.07) is 11.8. The second-order valence-electron chi connectivity index (χ2n) is 5.56. The van der Waals surface area contributed by atoms with Crippen molar-refractivity contribution in [2.75, 3.05) is 13.6 Å². The van der Waals surface area contributed by atoms with Gasteiger partial charge in [-0.25, -0.2) is 4.99 Å². The van der Waals surface area contributed by atoms with Crippen LogP contribution in [0, 0.1) is 0 Å². The second-order valence-corrected chi connectivity index (χ2v) is 7.33. The maximum absolute atomic E-state index is 5.97. The van der Waals surface area contributed by atoms with Crippen LogP contribution in [-0.4, -0.2) is 30.7 Å². The van der Waals surface area contributed by atoms with Crippen LogP contribution in [-0.2, 0) is 13.0 Å². The Morgan fingerprint density at radius 1 is 1.35 bits per heavy atom. The van der Waals surface area contributed by atoms with Gasteiger partial charge in [-0.2, -0.15) is 0 Å². The molecule has 6 heteroatoms. The van der Waals surface area contributed by atoms with Gasteiger partial charge in [0, 0.05) is 29.7 Å². The van der Waals surface area contributed by atoms with Gasteiger partial charge in [-0.3, -0.25) is 4.99 Å². The molecule has 136 valence electrons. The highest BCUT2D eigenvalue weighted by Crippen LogP contribution is 2.32. The van der Waals surface area contributed by atoms with Crippen molar-refractivity contribution in [1.82, 2.24) is 4.90 Å². The number of allylic oxidation sites excluding steroid dienone is 1. The second kappa shape index (κ2) is 9.94. The van der Waals surface area contributed by atoms with Crippen LogP contribution in [0.3, 0.4) is 0 Å². The number of nitrogens with zero attached hydrogens (tertiary/aromatic N) is 3. The summed E-state index contributed by atoms with van der Waals surface area (Å²) < 4.78 is 0.890. The summed E-state index contributed by atoms with van der Waals surface area (Å²) in [4.78, 5) is 11.5. The van der Waals surface area contributed by atoms with Crippen molar-refractivity contribution in [1.29, 1.82) is 0 Å². The van der Waals surface area contributed by atoms with E-state index in [9.17, 15) is 0 Å². The average Bonchev–Trinajstić information content (AvgIpc) is 3.05. The number of aliphatic imine (C=N–C) groups is 2. The molecule has 0 saturated heterocycles. The standard InChI is InChI=1S/C11H12ClNS.C9H11N3/c1-3-8(2)13-5-4-9-6-11(12)14-10(9)7-13;1-11-9(12-7-10)8-5-3-2-4-6-8/h3,6H,1-2,4-5,7H2;2-7H,1H3,(H2,10,11,12). The van der Waals surface area contributed by atoms with E-state index in [2.05, 4.69) is 34.1 Å². The molecular weight excluding hydrogens is 364 g/mol. The molecule has 2 N–H and O–H groups in total. The van der Waals surface area contributed by atoms with E-state index in [-0.39, 0.29) is 0 Å². The van der Waals surface area contributed by atoms with E-state index < -0.39 is 0 Å². The van der Waals surface area contributed by atoms with Gasteiger partial charge in [0.1, 0.15) is 0 Å². The highest BCUT2D eigenvalue weighted by atomic mass is 35.5. The van der Waals surface area contributed by atoms with E-state index in [1.165, 1.54) is 16.8 Å². The fraction of sp³-hybridized carbons (Fsp3) is 0.200. The molecule has 3 rings (SSSR count). The normalized spacial score (nSPS) is 13.8. The Bertz CT molecular complexity index is 808. The van der Waals surface area contributed by atoms with Crippen LogP contribution in [0.15, 0.2) is 71.3 Å². The van der Waals surface area contributed by atoms with Gasteiger partial charge < -0.3 is 10.6 Å². The number of hydrogen-bond acceptors (Lipinski definition) is 3. The van der Waals surface area contributed by atoms with E-state index in [4.69, 9.17) is 17.3 Å². The zero-order valence-electron chi connectivity index (χ0n) is 14.9. The molecule has 1 aliphatic heterocycles. The number of rotatable bonds is 3. The Labute approximate surface area is 164 Å². The molecule has 0 atom stereocenters. The van der Waals surface area contributed by atoms with Crippen LogP contribution in [0.2, 0.25) is 4.34 Å². The lowest BCUT2D eigenvalue weighted by atomic mass is 10.1. The molecular formula is C20H23ClN4S. The first-order valence-electron chi connectivity index (χ1n) is 8.18. The molecule has 0 saturated carbocycles. The first-order valence-corrected chi connectivity index (χ1v) is 9.38. The van der Waals surface area contributed by atoms with E-state index in [0.717, 1.165) is 35.1 Å². The minimum atomic E-state index is 0.651. The fourth-order valence-corrected chi connectivity index (χ4v) is 3.94. The van der Waals surface area contributed by atoms with Gasteiger partial charge in [-0.15, -0.1) is 11.3 Å². The van der Waals surface area contributed by atoms with E-state index >= 15 is 0 Å². The third-order valence-electron chi connectivity index (χ3n) is 3.93. The zero-order valence-corrected chi connectivity index (χ0v) is 16.4. The van der Waals surface area contributed by atoms with E-state index in [1.807, 2.05) is 30.3 Å². The van der Waals surface area contributed by atoms with Crippen molar-refractivity contribution in [3.05, 3.63) is 81.7 Å². The van der Waals surface area contributed by atoms with Gasteiger partial charge in [0.05, 0.1) is 17.2 Å². The maximum Gasteiger partial charge on any atom is 0.155 e. The van der Waals surface area contributed by atoms with Gasteiger partial charge in [0.2, 0.25) is 0 Å². The first kappa shape index (κ1) is 19.9. The monoisotopic (exact) mass is 386 g/mol. The van der Waals surface area contributed by atoms with Crippen LogP contribution >= 0.6 is 22.9 Å². The molecule has 1 aromatic heterocycles. The molecule has 4 nitrogen and oxygen atoms in total. The molecule has 0 fully saturated rings. The van der Waals surface area contributed by atoms with E-state index in [0.29, 0.717) is 5.84 Å². The fourth-order valence-electron chi connectivity index (χ4n) is 2.58. The third-order valence-corrected chi connectivity index (χ3v) is 5.23. The van der Waals surface area contributed by atoms with Crippen LogP contribution in [0.1, 0.15) is 16.0 Å². The highest BCUT2D eigenvalue weighted by molar-refractivity contribution is 7.16. The third kappa shape index (κ3) is 5.31. The molecule has 0 spiro atoms. The smallest absolute Gasteiger partial charge is 0.155 e. The number of halogens is 1. The Kier molecular flexibility index (Phi) is 7.63. The lowest BCUT2D eigenvalue weighted by Gasteiger charge is -2.28. The average molecular weight is 387 g/mol. The van der Waals surface area contributed by atoms with Gasteiger partial charge in [0.15, 0.2) is 5.84 Å². The summed E-state index contributed by atoms with van der Waals surface area (Å²) >= 11 is 7.64. The topological polar surface area (TPSA) is 54.0 Å². The Balaban J connectivity index is 0.000000190. The Morgan fingerprint density at radius 2 is 2.08 bits per heavy atom. The summed E-state index contributed by atoms with van der Waals surface area (Å²) in [6.45, 7) is 9.64. The largest absolute Gasteiger partial charge is 0.390 e. The molecule has 0 unspecified atom stereocenters. The van der Waals surface area contributed by atoms with Crippen molar-refractivity contribution in [3.63, 3.8) is 0 Å². The van der Waals surface area contributed by atoms with Crippen molar-refractivity contribution < 1.29 is 0 Å². The van der Waals surface area contributed by atoms with Crippen LogP contribution in [0.5, 0.6) is 0 Å². The molecule has 1 aromatic carbocycles. The van der Waals surface area contributed by atoms with Crippen LogP contribution in [0.4, 0.5) is 0 Å². The first-order chi connectivity index (χ1) is 12.6. The van der Waals surface area contributed by atoms with Crippen molar-refractivity contribution in [2.45, 2.75) is 13.0 Å². The number of hydrogen-bond donors (Lipinski definition) is 1. The molecule has 2 aromatic rings. The Morgan fingerprint density at radius 3 is 2.69 bits per heavy atom. The summed E-state index contributed by atoms with van der Waals surface area (Å²) in [5.41, 5.74) is 8.54. The van der Waals surface area contributed by atoms with Crippen molar-refractivity contribution >= 4 is 35.1 Å². The minimum absolute atomic E-state index is 0.651. The summed E-state index contributed by atoms with van der Waals surface area (Å²) in [6.07, 6.45) is 4.11. The SMILES string of the molecule is C=CC(=C)N1CCc2cc(Cl)sc2C1.CN=C(N=CN)c1ccccc1. The number of nitrogens with two attached hydrogens (primary N) is 1. The van der Waals surface area contributed by atoms with Crippen molar-refractivity contribution in [3.8, 4) is 0 Å². The lowest BCUT2D eigenvalue weighted by Crippen LogP contribution is -2.27. The predicted molar refractivity (Wildman–Crippen MR) is 114 cm³/mol. The van der Waals surface area contributed by atoms with Gasteiger partial charge in [-0.05, 0) is 24.1 Å². The number of fused-ring (bicyclic) bond motifs is 1. The van der Waals surface area contributed by atoms with Crippen molar-refractivity contribution in [2.24, 2.45) is 15.7 Å². The molecule has 1 aliphatic rings. The van der Waals surface area contributed by atoms with Gasteiger partial charge >= 0.3 is 0 Å². The minimum Gasteiger partial charge on any atom is -0.390 e. The summed E-state index contributed by atoms with van der Waals surface area (Å²) in [5.74, 6) is 0.651. The highest BCUT2D eigenvalue weighted by Gasteiger charge is 2.18. The molecule has 0 radical (unpaired) electrons.